The molecule has 222 valence electrons. The highest BCUT2D eigenvalue weighted by Crippen LogP contribution is 2.08. The van der Waals surface area contributed by atoms with E-state index < -0.39 is 60.2 Å². The van der Waals surface area contributed by atoms with Gasteiger partial charge in [0.05, 0.1) is 6.04 Å². The lowest BCUT2D eigenvalue weighted by Gasteiger charge is -2.25. The lowest BCUT2D eigenvalue weighted by atomic mass is 10.0. The van der Waals surface area contributed by atoms with E-state index in [-0.39, 0.29) is 31.8 Å². The molecule has 14 nitrogen and oxygen atoms in total. The lowest BCUT2D eigenvalue weighted by Crippen LogP contribution is -2.57. The summed E-state index contributed by atoms with van der Waals surface area (Å²) in [7, 11) is 0. The van der Waals surface area contributed by atoms with E-state index in [1.807, 2.05) is 6.26 Å². The van der Waals surface area contributed by atoms with Gasteiger partial charge in [0.25, 0.3) is 0 Å². The van der Waals surface area contributed by atoms with E-state index in [9.17, 15) is 29.1 Å². The summed E-state index contributed by atoms with van der Waals surface area (Å²) in [6, 6.07) is 4.04. The Balaban J connectivity index is 3.14. The SMILES string of the molecule is CSCCC(N)C(=O)NC(CCCN=C(N)N)C(=O)NC(Cc1ccccc1)C(=O)NC(CCC(=O)O)C(=O)O. The van der Waals surface area contributed by atoms with Gasteiger partial charge in [-0.1, -0.05) is 30.3 Å². The van der Waals surface area contributed by atoms with Crippen LogP contribution in [0.25, 0.3) is 0 Å². The fourth-order valence-electron chi connectivity index (χ4n) is 3.56. The number of thioether (sulfide) groups is 1. The molecule has 40 heavy (non-hydrogen) atoms. The van der Waals surface area contributed by atoms with E-state index in [0.717, 1.165) is 0 Å². The smallest absolute Gasteiger partial charge is 0.326 e. The van der Waals surface area contributed by atoms with Crippen LogP contribution in [0, 0.1) is 0 Å². The summed E-state index contributed by atoms with van der Waals surface area (Å²) in [5.74, 6) is -4.17. The second-order valence-corrected chi connectivity index (χ2v) is 9.97. The minimum Gasteiger partial charge on any atom is -0.481 e. The van der Waals surface area contributed by atoms with Gasteiger partial charge < -0.3 is 43.4 Å². The number of carbonyl (C=O) groups is 5. The third-order valence-electron chi connectivity index (χ3n) is 5.73. The number of hydrogen-bond acceptors (Lipinski definition) is 8. The highest BCUT2D eigenvalue weighted by molar-refractivity contribution is 7.98. The molecule has 0 aliphatic carbocycles. The van der Waals surface area contributed by atoms with Crippen molar-refractivity contribution in [1.82, 2.24) is 16.0 Å². The molecule has 0 fully saturated rings. The fourth-order valence-corrected chi connectivity index (χ4v) is 4.05. The number of carboxylic acids is 2. The van der Waals surface area contributed by atoms with E-state index in [2.05, 4.69) is 20.9 Å². The molecule has 4 unspecified atom stereocenters. The topological polar surface area (TPSA) is 252 Å². The second-order valence-electron chi connectivity index (χ2n) is 8.98. The number of hydrogen-bond donors (Lipinski definition) is 8. The van der Waals surface area contributed by atoms with Crippen LogP contribution in [0.1, 0.15) is 37.7 Å². The number of carbonyl (C=O) groups excluding carboxylic acids is 3. The second kappa shape index (κ2) is 18.4. The Bertz CT molecular complexity index is 1020. The van der Waals surface area contributed by atoms with Gasteiger partial charge in [-0.05, 0) is 43.3 Å². The molecule has 0 aliphatic heterocycles. The average Bonchev–Trinajstić information content (AvgIpc) is 2.90. The summed E-state index contributed by atoms with van der Waals surface area (Å²) < 4.78 is 0. The van der Waals surface area contributed by atoms with Crippen molar-refractivity contribution in [2.24, 2.45) is 22.2 Å². The summed E-state index contributed by atoms with van der Waals surface area (Å²) in [6.07, 6.45) is 1.89. The maximum Gasteiger partial charge on any atom is 0.326 e. The Morgan fingerprint density at radius 3 is 2.05 bits per heavy atom. The van der Waals surface area contributed by atoms with Gasteiger partial charge in [-0.2, -0.15) is 11.8 Å². The monoisotopic (exact) mass is 581 g/mol. The molecule has 4 atom stereocenters. The number of nitrogens with two attached hydrogens (primary N) is 3. The van der Waals surface area contributed by atoms with Crippen molar-refractivity contribution < 1.29 is 34.2 Å². The first kappa shape index (κ1) is 34.2. The van der Waals surface area contributed by atoms with Gasteiger partial charge in [0, 0.05) is 19.4 Å². The number of guanidine groups is 1. The Morgan fingerprint density at radius 2 is 1.48 bits per heavy atom. The van der Waals surface area contributed by atoms with Crippen LogP contribution >= 0.6 is 11.8 Å². The first-order valence-electron chi connectivity index (χ1n) is 12.6. The van der Waals surface area contributed by atoms with Crippen LogP contribution in [0.3, 0.4) is 0 Å². The molecule has 0 bridgehead atoms. The van der Waals surface area contributed by atoms with Gasteiger partial charge in [-0.25, -0.2) is 4.79 Å². The van der Waals surface area contributed by atoms with Crippen molar-refractivity contribution in [2.45, 2.75) is 62.7 Å². The predicted molar refractivity (Wildman–Crippen MR) is 151 cm³/mol. The van der Waals surface area contributed by atoms with E-state index in [1.54, 1.807) is 30.3 Å². The number of aliphatic carboxylic acids is 2. The molecule has 1 aromatic carbocycles. The Morgan fingerprint density at radius 1 is 0.875 bits per heavy atom. The molecule has 0 radical (unpaired) electrons. The number of rotatable bonds is 19. The molecule has 3 amide bonds. The number of aliphatic imine (C=N–C) groups is 1. The van der Waals surface area contributed by atoms with Crippen LogP contribution in [0.4, 0.5) is 0 Å². The van der Waals surface area contributed by atoms with Crippen molar-refractivity contribution in [1.29, 1.82) is 0 Å². The minimum absolute atomic E-state index is 0.00554. The highest BCUT2D eigenvalue weighted by atomic mass is 32.2. The van der Waals surface area contributed by atoms with E-state index in [1.165, 1.54) is 11.8 Å². The zero-order chi connectivity index (χ0) is 30.1. The molecule has 15 heteroatoms. The van der Waals surface area contributed by atoms with Gasteiger partial charge >= 0.3 is 11.9 Å². The zero-order valence-electron chi connectivity index (χ0n) is 22.4. The lowest BCUT2D eigenvalue weighted by molar-refractivity contribution is -0.143. The summed E-state index contributed by atoms with van der Waals surface area (Å²) in [5.41, 5.74) is 17.3. The molecule has 0 aromatic heterocycles. The number of nitrogens with one attached hydrogen (secondary N) is 3. The van der Waals surface area contributed by atoms with Gasteiger partial charge in [-0.3, -0.25) is 24.2 Å². The minimum atomic E-state index is -1.48. The summed E-state index contributed by atoms with van der Waals surface area (Å²) in [4.78, 5) is 65.6. The molecular formula is C25H39N7O7S. The van der Waals surface area contributed by atoms with Crippen LogP contribution in [0.2, 0.25) is 0 Å². The van der Waals surface area contributed by atoms with Crippen LogP contribution in [0.15, 0.2) is 35.3 Å². The molecule has 0 saturated heterocycles. The maximum absolute atomic E-state index is 13.4. The molecule has 0 aliphatic rings. The Labute approximate surface area is 236 Å². The van der Waals surface area contributed by atoms with Crippen molar-refractivity contribution in [3.63, 3.8) is 0 Å². The Hall–Kier alpha value is -3.85. The van der Waals surface area contributed by atoms with Gasteiger partial charge in [0.1, 0.15) is 18.1 Å². The molecule has 11 N–H and O–H groups in total. The fraction of sp³-hybridized carbons (Fsp3) is 0.520. The number of amides is 3. The summed E-state index contributed by atoms with van der Waals surface area (Å²) in [5, 5.41) is 25.9. The van der Waals surface area contributed by atoms with Gasteiger partial charge in [0.2, 0.25) is 17.7 Å². The maximum atomic E-state index is 13.4. The van der Waals surface area contributed by atoms with Crippen LogP contribution < -0.4 is 33.2 Å². The normalized spacial score (nSPS) is 13.7. The number of carboxylic acid groups (broad SMARTS) is 2. The third-order valence-corrected chi connectivity index (χ3v) is 6.37. The first-order chi connectivity index (χ1) is 18.9. The quantitative estimate of drug-likeness (QED) is 0.0545. The Kier molecular flexibility index (Phi) is 15.8. The van der Waals surface area contributed by atoms with Crippen molar-refractivity contribution >= 4 is 47.4 Å². The average molecular weight is 582 g/mol. The molecule has 0 saturated carbocycles. The summed E-state index contributed by atoms with van der Waals surface area (Å²) >= 11 is 1.52. The highest BCUT2D eigenvalue weighted by Gasteiger charge is 2.30. The number of benzene rings is 1. The van der Waals surface area contributed by atoms with Crippen LogP contribution in [-0.2, 0) is 30.4 Å². The number of nitrogens with zero attached hydrogens (tertiary/aromatic N) is 1. The first-order valence-corrected chi connectivity index (χ1v) is 14.0. The molecule has 1 rings (SSSR count). The zero-order valence-corrected chi connectivity index (χ0v) is 23.2. The van der Waals surface area contributed by atoms with Crippen molar-refractivity contribution in [2.75, 3.05) is 18.6 Å². The van der Waals surface area contributed by atoms with Gasteiger partial charge in [-0.15, -0.1) is 0 Å². The molecule has 0 heterocycles. The summed E-state index contributed by atoms with van der Waals surface area (Å²) in [6.45, 7) is 0.193. The van der Waals surface area contributed by atoms with Crippen molar-refractivity contribution in [3.8, 4) is 0 Å². The van der Waals surface area contributed by atoms with Crippen LogP contribution in [0.5, 0.6) is 0 Å². The van der Waals surface area contributed by atoms with E-state index in [0.29, 0.717) is 24.2 Å². The standard InChI is InChI=1S/C25H39N7O7S/c1-40-13-11-16(26)21(35)30-17(8-5-12-29-25(27)28)22(36)32-19(14-15-6-3-2-4-7-15)23(37)31-18(24(38)39)9-10-20(33)34/h2-4,6-7,16-19H,5,8-14,26H2,1H3,(H,30,35)(H,31,37)(H,32,36)(H,33,34)(H,38,39)(H4,27,28,29). The van der Waals surface area contributed by atoms with Gasteiger partial charge in [0.15, 0.2) is 5.96 Å². The van der Waals surface area contributed by atoms with Crippen LogP contribution in [-0.4, -0.2) is 88.6 Å². The van der Waals surface area contributed by atoms with E-state index >= 15 is 0 Å². The predicted octanol–water partition coefficient (Wildman–Crippen LogP) is -1.23. The van der Waals surface area contributed by atoms with E-state index in [4.69, 9.17) is 22.3 Å². The van der Waals surface area contributed by atoms with Crippen molar-refractivity contribution in [3.05, 3.63) is 35.9 Å². The molecule has 1 aromatic rings. The third kappa shape index (κ3) is 13.8. The molecule has 0 spiro atoms. The largest absolute Gasteiger partial charge is 0.481 e. The molecular weight excluding hydrogens is 542 g/mol.